The van der Waals surface area contributed by atoms with Crippen molar-refractivity contribution < 1.29 is 9.59 Å². The highest BCUT2D eigenvalue weighted by molar-refractivity contribution is 6.02. The maximum Gasteiger partial charge on any atom is 0.249 e. The number of rotatable bonds is 9. The van der Waals surface area contributed by atoms with E-state index in [-0.39, 0.29) is 18.4 Å². The molecule has 2 amide bonds. The van der Waals surface area contributed by atoms with Crippen molar-refractivity contribution in [3.63, 3.8) is 0 Å². The lowest BCUT2D eigenvalue weighted by atomic mass is 10.0. The van der Waals surface area contributed by atoms with Gasteiger partial charge in [-0.25, -0.2) is 4.68 Å². The van der Waals surface area contributed by atoms with Gasteiger partial charge in [0.05, 0.1) is 5.52 Å². The molecule has 0 saturated carbocycles. The average molecular weight is 470 g/mol. The third-order valence-corrected chi connectivity index (χ3v) is 5.99. The number of para-hydroxylation sites is 2. The lowest BCUT2D eigenvalue weighted by Gasteiger charge is -2.32. The number of fused-ring (bicyclic) bond motifs is 1. The van der Waals surface area contributed by atoms with Gasteiger partial charge in [-0.2, -0.15) is 0 Å². The Labute approximate surface area is 205 Å². The number of aryl methyl sites for hydroxylation is 1. The Morgan fingerprint density at radius 2 is 1.63 bits per heavy atom. The van der Waals surface area contributed by atoms with E-state index in [1.807, 2.05) is 85.8 Å². The summed E-state index contributed by atoms with van der Waals surface area (Å²) >= 11 is 0. The first kappa shape index (κ1) is 24.1. The lowest BCUT2D eigenvalue weighted by molar-refractivity contribution is -0.127. The number of amides is 2. The van der Waals surface area contributed by atoms with E-state index in [9.17, 15) is 9.59 Å². The summed E-state index contributed by atoms with van der Waals surface area (Å²) in [5.74, 6) is -0.000100. The highest BCUT2D eigenvalue weighted by Crippen LogP contribution is 2.31. The van der Waals surface area contributed by atoms with Crippen LogP contribution >= 0.6 is 0 Å². The fraction of sp³-hybridized carbons (Fsp3) is 0.286. The minimum Gasteiger partial charge on any atom is -0.354 e. The van der Waals surface area contributed by atoms with Gasteiger partial charge in [0.2, 0.25) is 11.8 Å². The van der Waals surface area contributed by atoms with E-state index in [0.29, 0.717) is 23.7 Å². The minimum absolute atomic E-state index is 0.0442. The summed E-state index contributed by atoms with van der Waals surface area (Å²) in [6, 6.07) is 23.8. The molecule has 0 aliphatic rings. The number of nitrogens with zero attached hydrogens (tertiary/aromatic N) is 4. The van der Waals surface area contributed by atoms with Crippen molar-refractivity contribution in [1.82, 2.24) is 20.3 Å². The predicted molar refractivity (Wildman–Crippen MR) is 138 cm³/mol. The molecule has 4 aromatic rings. The Hall–Kier alpha value is -4.00. The van der Waals surface area contributed by atoms with E-state index in [1.165, 1.54) is 0 Å². The van der Waals surface area contributed by atoms with Gasteiger partial charge in [0, 0.05) is 12.2 Å². The summed E-state index contributed by atoms with van der Waals surface area (Å²) < 4.78 is 1.58. The molecule has 7 nitrogen and oxygen atoms in total. The first-order valence-corrected chi connectivity index (χ1v) is 11.9. The van der Waals surface area contributed by atoms with Crippen molar-refractivity contribution >= 4 is 28.5 Å². The van der Waals surface area contributed by atoms with Gasteiger partial charge >= 0.3 is 0 Å². The number of aromatic nitrogens is 3. The molecule has 0 bridgehead atoms. The molecule has 1 N–H and O–H groups in total. The Morgan fingerprint density at radius 1 is 0.943 bits per heavy atom. The number of carbonyl (C=O) groups excluding carboxylic acids is 2. The molecule has 0 aliphatic carbocycles. The zero-order valence-corrected chi connectivity index (χ0v) is 20.4. The molecule has 0 radical (unpaired) electrons. The van der Waals surface area contributed by atoms with Crippen LogP contribution in [0.15, 0.2) is 78.9 Å². The maximum atomic E-state index is 14.0. The Balaban J connectivity index is 1.76. The molecule has 4 rings (SSSR count). The number of hydrogen-bond acceptors (Lipinski definition) is 4. The van der Waals surface area contributed by atoms with Crippen LogP contribution < -0.4 is 10.2 Å². The fourth-order valence-electron chi connectivity index (χ4n) is 4.12. The van der Waals surface area contributed by atoms with Crippen molar-refractivity contribution in [3.8, 4) is 0 Å². The fourth-order valence-corrected chi connectivity index (χ4v) is 4.12. The quantitative estimate of drug-likeness (QED) is 0.386. The van der Waals surface area contributed by atoms with Crippen LogP contribution in [0.4, 0.5) is 5.69 Å². The largest absolute Gasteiger partial charge is 0.354 e. The molecule has 0 saturated heterocycles. The van der Waals surface area contributed by atoms with Crippen LogP contribution in [0.5, 0.6) is 0 Å². The molecule has 1 heterocycles. The predicted octanol–water partition coefficient (Wildman–Crippen LogP) is 4.68. The molecule has 7 heteroatoms. The molecular weight excluding hydrogens is 438 g/mol. The maximum absolute atomic E-state index is 14.0. The number of carbonyl (C=O) groups is 2. The summed E-state index contributed by atoms with van der Waals surface area (Å²) in [6.45, 7) is 6.68. The van der Waals surface area contributed by atoms with Crippen LogP contribution in [0.2, 0.25) is 0 Å². The molecule has 1 aromatic heterocycles. The molecule has 0 aliphatic heterocycles. The van der Waals surface area contributed by atoms with Gasteiger partial charge in [-0.1, -0.05) is 79.7 Å². The highest BCUT2D eigenvalue weighted by atomic mass is 16.2. The molecule has 180 valence electrons. The van der Waals surface area contributed by atoms with Gasteiger partial charge in [0.15, 0.2) is 0 Å². The zero-order valence-electron chi connectivity index (χ0n) is 20.4. The van der Waals surface area contributed by atoms with Crippen molar-refractivity contribution in [3.05, 3.63) is 90.0 Å². The van der Waals surface area contributed by atoms with E-state index >= 15 is 0 Å². The SMILES string of the molecule is Cc1ccccc1N(C(=O)Cn1nnc2ccccc21)C(C(=O)NCCC(C)C)c1ccccc1. The van der Waals surface area contributed by atoms with Gasteiger partial charge in [-0.15, -0.1) is 5.10 Å². The molecule has 1 unspecified atom stereocenters. The van der Waals surface area contributed by atoms with E-state index in [1.54, 1.807) is 9.58 Å². The Kier molecular flexibility index (Phi) is 7.55. The average Bonchev–Trinajstić information content (AvgIpc) is 3.26. The number of anilines is 1. The second kappa shape index (κ2) is 11.0. The minimum atomic E-state index is -0.827. The van der Waals surface area contributed by atoms with Crippen LogP contribution in [-0.2, 0) is 16.1 Å². The van der Waals surface area contributed by atoms with Gasteiger partial charge in [-0.3, -0.25) is 14.5 Å². The van der Waals surface area contributed by atoms with Crippen LogP contribution in [0.25, 0.3) is 11.0 Å². The molecule has 3 aromatic carbocycles. The van der Waals surface area contributed by atoms with Crippen molar-refractivity contribution in [1.29, 1.82) is 0 Å². The van der Waals surface area contributed by atoms with E-state index in [0.717, 1.165) is 23.1 Å². The van der Waals surface area contributed by atoms with Crippen molar-refractivity contribution in [2.24, 2.45) is 5.92 Å². The Morgan fingerprint density at radius 3 is 2.37 bits per heavy atom. The van der Waals surface area contributed by atoms with Crippen molar-refractivity contribution in [2.45, 2.75) is 39.8 Å². The van der Waals surface area contributed by atoms with Crippen LogP contribution in [0.1, 0.15) is 37.4 Å². The van der Waals surface area contributed by atoms with Crippen LogP contribution in [-0.4, -0.2) is 33.4 Å². The Bertz CT molecular complexity index is 1300. The van der Waals surface area contributed by atoms with Crippen LogP contribution in [0.3, 0.4) is 0 Å². The summed E-state index contributed by atoms with van der Waals surface area (Å²) in [5, 5.41) is 11.4. The summed E-state index contributed by atoms with van der Waals surface area (Å²) in [7, 11) is 0. The molecule has 0 fully saturated rings. The first-order chi connectivity index (χ1) is 17.0. The number of hydrogen-bond donors (Lipinski definition) is 1. The summed E-state index contributed by atoms with van der Waals surface area (Å²) in [4.78, 5) is 29.2. The molecular formula is C28H31N5O2. The monoisotopic (exact) mass is 469 g/mol. The highest BCUT2D eigenvalue weighted by Gasteiger charge is 2.33. The van der Waals surface area contributed by atoms with E-state index in [2.05, 4.69) is 29.5 Å². The lowest BCUT2D eigenvalue weighted by Crippen LogP contribution is -2.46. The van der Waals surface area contributed by atoms with Gasteiger partial charge in [-0.05, 0) is 48.6 Å². The molecule has 1 atom stereocenters. The summed E-state index contributed by atoms with van der Waals surface area (Å²) in [5.41, 5.74) is 3.82. The van der Waals surface area contributed by atoms with Gasteiger partial charge in [0.1, 0.15) is 18.1 Å². The topological polar surface area (TPSA) is 80.1 Å². The van der Waals surface area contributed by atoms with E-state index in [4.69, 9.17) is 0 Å². The normalized spacial score (nSPS) is 12.0. The third kappa shape index (κ3) is 5.57. The first-order valence-electron chi connectivity index (χ1n) is 11.9. The molecule has 35 heavy (non-hydrogen) atoms. The molecule has 0 spiro atoms. The van der Waals surface area contributed by atoms with Crippen molar-refractivity contribution in [2.75, 3.05) is 11.4 Å². The third-order valence-electron chi connectivity index (χ3n) is 5.99. The number of nitrogens with one attached hydrogen (secondary N) is 1. The van der Waals surface area contributed by atoms with Gasteiger partial charge < -0.3 is 5.32 Å². The zero-order chi connectivity index (χ0) is 24.8. The second-order valence-electron chi connectivity index (χ2n) is 9.07. The standard InChI is InChI=1S/C28H31N5O2/c1-20(2)17-18-29-28(35)27(22-12-5-4-6-13-22)33(24-15-9-7-11-21(24)3)26(34)19-32-25-16-10-8-14-23(25)30-31-32/h4-16,20,27H,17-19H2,1-3H3,(H,29,35). The summed E-state index contributed by atoms with van der Waals surface area (Å²) in [6.07, 6.45) is 0.858. The second-order valence-corrected chi connectivity index (χ2v) is 9.07. The number of benzene rings is 3. The smallest absolute Gasteiger partial charge is 0.249 e. The van der Waals surface area contributed by atoms with E-state index < -0.39 is 6.04 Å². The van der Waals surface area contributed by atoms with Gasteiger partial charge in [0.25, 0.3) is 0 Å². The van der Waals surface area contributed by atoms with Crippen LogP contribution in [0, 0.1) is 12.8 Å².